The summed E-state index contributed by atoms with van der Waals surface area (Å²) in [5.74, 6) is 0.169. The first-order valence-electron chi connectivity index (χ1n) is 8.66. The van der Waals surface area contributed by atoms with Crippen molar-refractivity contribution in [3.8, 4) is 0 Å². The van der Waals surface area contributed by atoms with Crippen LogP contribution in [0.1, 0.15) is 27.7 Å². The molecule has 3 rings (SSSR count). The normalized spacial score (nSPS) is 10.6. The molecule has 0 unspecified atom stereocenters. The van der Waals surface area contributed by atoms with Gasteiger partial charge in [-0.3, -0.25) is 4.68 Å². The Morgan fingerprint density at radius 1 is 1.34 bits per heavy atom. The van der Waals surface area contributed by atoms with Crippen LogP contribution in [0.15, 0.2) is 41.0 Å². The zero-order valence-electron chi connectivity index (χ0n) is 15.7. The number of benzene rings is 1. The van der Waals surface area contributed by atoms with Crippen LogP contribution in [-0.2, 0) is 17.7 Å². The highest BCUT2D eigenvalue weighted by Crippen LogP contribution is 2.30. The molecule has 2 heterocycles. The van der Waals surface area contributed by atoms with Gasteiger partial charge in [0.15, 0.2) is 10.9 Å². The van der Waals surface area contributed by atoms with Gasteiger partial charge >= 0.3 is 5.97 Å². The molecular weight excluding hydrogens is 496 g/mol. The van der Waals surface area contributed by atoms with Crippen molar-refractivity contribution in [2.75, 3.05) is 17.7 Å². The van der Waals surface area contributed by atoms with Gasteiger partial charge in [-0.05, 0) is 58.3 Å². The van der Waals surface area contributed by atoms with Crippen LogP contribution in [0, 0.1) is 0 Å². The fourth-order valence-corrected chi connectivity index (χ4v) is 4.34. The summed E-state index contributed by atoms with van der Waals surface area (Å²) in [6, 6.07) is 9.41. The standard InChI is InChI=1S/C19H18BrClN4O2S2/c1-3-13-8-14(18(26)27-2)17(29-13)23-19(28)22-16-15(20)10-25(24-16)9-11-4-6-12(21)7-5-11/h4-8,10H,3,9H2,1-2H3,(H2,22,23,24,28). The number of nitrogens with one attached hydrogen (secondary N) is 2. The molecule has 0 fully saturated rings. The minimum atomic E-state index is -0.403. The molecule has 0 bridgehead atoms. The van der Waals surface area contributed by atoms with Gasteiger partial charge < -0.3 is 15.4 Å². The van der Waals surface area contributed by atoms with Gasteiger partial charge in [-0.25, -0.2) is 4.79 Å². The average molecular weight is 514 g/mol. The first kappa shape index (κ1) is 21.8. The molecule has 6 nitrogen and oxygen atoms in total. The van der Waals surface area contributed by atoms with E-state index in [1.807, 2.05) is 43.5 Å². The van der Waals surface area contributed by atoms with Crippen LogP contribution < -0.4 is 10.6 Å². The third-order valence-corrected chi connectivity index (χ3v) is 6.20. The number of rotatable bonds is 6. The second-order valence-electron chi connectivity index (χ2n) is 6.03. The lowest BCUT2D eigenvalue weighted by Gasteiger charge is -2.09. The van der Waals surface area contributed by atoms with Crippen LogP contribution in [0.4, 0.5) is 10.8 Å². The van der Waals surface area contributed by atoms with Gasteiger partial charge in [0.25, 0.3) is 0 Å². The molecule has 0 aliphatic rings. The summed E-state index contributed by atoms with van der Waals surface area (Å²) in [6.45, 7) is 2.62. The Bertz CT molecular complexity index is 1030. The Morgan fingerprint density at radius 2 is 2.07 bits per heavy atom. The summed E-state index contributed by atoms with van der Waals surface area (Å²) >= 11 is 16.3. The number of esters is 1. The zero-order valence-corrected chi connectivity index (χ0v) is 19.6. The van der Waals surface area contributed by atoms with Gasteiger partial charge in [0.05, 0.1) is 23.7 Å². The molecule has 2 aromatic heterocycles. The van der Waals surface area contributed by atoms with E-state index in [2.05, 4.69) is 31.7 Å². The number of carbonyl (C=O) groups excluding carboxylic acids is 1. The van der Waals surface area contributed by atoms with E-state index in [0.717, 1.165) is 21.3 Å². The first-order chi connectivity index (χ1) is 13.9. The molecule has 1 aromatic carbocycles. The van der Waals surface area contributed by atoms with Crippen LogP contribution in [0.3, 0.4) is 0 Å². The fraction of sp³-hybridized carbons (Fsp3) is 0.211. The predicted molar refractivity (Wildman–Crippen MR) is 125 cm³/mol. The lowest BCUT2D eigenvalue weighted by atomic mass is 10.2. The van der Waals surface area contributed by atoms with E-state index in [1.54, 1.807) is 4.68 Å². The van der Waals surface area contributed by atoms with Crippen molar-refractivity contribution in [1.82, 2.24) is 9.78 Å². The second-order valence-corrected chi connectivity index (χ2v) is 8.87. The van der Waals surface area contributed by atoms with E-state index in [-0.39, 0.29) is 0 Å². The van der Waals surface area contributed by atoms with Gasteiger partial charge in [-0.15, -0.1) is 11.3 Å². The van der Waals surface area contributed by atoms with Crippen molar-refractivity contribution in [3.63, 3.8) is 0 Å². The molecule has 0 spiro atoms. The highest BCUT2D eigenvalue weighted by atomic mass is 79.9. The van der Waals surface area contributed by atoms with E-state index in [4.69, 9.17) is 28.6 Å². The Labute approximate surface area is 191 Å². The summed E-state index contributed by atoms with van der Waals surface area (Å²) in [7, 11) is 1.36. The van der Waals surface area contributed by atoms with E-state index in [0.29, 0.717) is 33.1 Å². The largest absolute Gasteiger partial charge is 0.465 e. The third kappa shape index (κ3) is 5.57. The summed E-state index contributed by atoms with van der Waals surface area (Å²) in [4.78, 5) is 13.1. The number of thiophene rings is 1. The Morgan fingerprint density at radius 3 is 2.72 bits per heavy atom. The molecule has 0 atom stereocenters. The zero-order chi connectivity index (χ0) is 21.0. The molecule has 0 aliphatic carbocycles. The molecule has 0 saturated heterocycles. The van der Waals surface area contributed by atoms with Crippen molar-refractivity contribution in [2.45, 2.75) is 19.9 Å². The lowest BCUT2D eigenvalue weighted by Crippen LogP contribution is -2.20. The second kappa shape index (κ2) is 9.71. The fourth-order valence-electron chi connectivity index (χ4n) is 2.55. The van der Waals surface area contributed by atoms with Crippen LogP contribution in [-0.4, -0.2) is 28.0 Å². The molecule has 2 N–H and O–H groups in total. The summed E-state index contributed by atoms with van der Waals surface area (Å²) in [5, 5.41) is 12.3. The lowest BCUT2D eigenvalue weighted by molar-refractivity contribution is 0.0602. The van der Waals surface area contributed by atoms with Crippen molar-refractivity contribution in [1.29, 1.82) is 0 Å². The van der Waals surface area contributed by atoms with Gasteiger partial charge in [0, 0.05) is 16.1 Å². The maximum atomic E-state index is 12.0. The Hall–Kier alpha value is -1.94. The third-order valence-electron chi connectivity index (χ3n) is 3.97. The van der Waals surface area contributed by atoms with Crippen molar-refractivity contribution in [2.24, 2.45) is 0 Å². The molecule has 0 amide bonds. The maximum Gasteiger partial charge on any atom is 0.340 e. The minimum absolute atomic E-state index is 0.331. The van der Waals surface area contributed by atoms with Crippen molar-refractivity contribution < 1.29 is 9.53 Å². The Balaban J connectivity index is 1.70. The number of nitrogens with zero attached hydrogens (tertiary/aromatic N) is 2. The smallest absolute Gasteiger partial charge is 0.340 e. The van der Waals surface area contributed by atoms with E-state index in [1.165, 1.54) is 18.4 Å². The van der Waals surface area contributed by atoms with Crippen molar-refractivity contribution >= 4 is 73.0 Å². The number of halogens is 2. The molecule has 0 radical (unpaired) electrons. The number of thiocarbonyl (C=S) groups is 1. The number of hydrogen-bond donors (Lipinski definition) is 2. The topological polar surface area (TPSA) is 68.2 Å². The summed E-state index contributed by atoms with van der Waals surface area (Å²) in [6.07, 6.45) is 2.68. The molecule has 0 saturated carbocycles. The quantitative estimate of drug-likeness (QED) is 0.332. The molecule has 29 heavy (non-hydrogen) atoms. The Kier molecular flexibility index (Phi) is 7.28. The molecule has 152 valence electrons. The monoisotopic (exact) mass is 512 g/mol. The van der Waals surface area contributed by atoms with Crippen LogP contribution >= 0.6 is 51.1 Å². The molecule has 0 aliphatic heterocycles. The number of ether oxygens (including phenoxy) is 1. The number of aromatic nitrogens is 2. The van der Waals surface area contributed by atoms with Gasteiger partial charge in [-0.2, -0.15) is 5.10 Å². The molecular formula is C19H18BrClN4O2S2. The van der Waals surface area contributed by atoms with Gasteiger partial charge in [-0.1, -0.05) is 30.7 Å². The van der Waals surface area contributed by atoms with Crippen LogP contribution in [0.25, 0.3) is 0 Å². The number of carbonyl (C=O) groups is 1. The highest BCUT2D eigenvalue weighted by molar-refractivity contribution is 9.10. The molecule has 10 heteroatoms. The van der Waals surface area contributed by atoms with Gasteiger partial charge in [0.2, 0.25) is 0 Å². The maximum absolute atomic E-state index is 12.0. The molecule has 3 aromatic rings. The van der Waals surface area contributed by atoms with Gasteiger partial charge in [0.1, 0.15) is 5.00 Å². The summed E-state index contributed by atoms with van der Waals surface area (Å²) < 4.78 is 7.41. The minimum Gasteiger partial charge on any atom is -0.465 e. The summed E-state index contributed by atoms with van der Waals surface area (Å²) in [5.41, 5.74) is 1.54. The highest BCUT2D eigenvalue weighted by Gasteiger charge is 2.18. The van der Waals surface area contributed by atoms with E-state index >= 15 is 0 Å². The van der Waals surface area contributed by atoms with E-state index < -0.39 is 5.97 Å². The van der Waals surface area contributed by atoms with Crippen LogP contribution in [0.5, 0.6) is 0 Å². The number of aryl methyl sites for hydroxylation is 1. The predicted octanol–water partition coefficient (Wildman–Crippen LogP) is 5.57. The number of anilines is 2. The first-order valence-corrected chi connectivity index (χ1v) is 11.1. The number of methoxy groups -OCH3 is 1. The number of hydrogen-bond acceptors (Lipinski definition) is 5. The average Bonchev–Trinajstić information content (AvgIpc) is 3.26. The van der Waals surface area contributed by atoms with E-state index in [9.17, 15) is 4.79 Å². The SMILES string of the molecule is CCc1cc(C(=O)OC)c(NC(=S)Nc2nn(Cc3ccc(Cl)cc3)cc2Br)s1. The van der Waals surface area contributed by atoms with Crippen molar-refractivity contribution in [3.05, 3.63) is 62.0 Å². The van der Waals surface area contributed by atoms with Crippen LogP contribution in [0.2, 0.25) is 5.02 Å².